The molecule has 0 unspecified atom stereocenters. The Bertz CT molecular complexity index is 547. The van der Waals surface area contributed by atoms with E-state index in [4.69, 9.17) is 27.9 Å². The minimum atomic E-state index is -0.366. The fraction of sp³-hybridized carbons (Fsp3) is 0.467. The maximum Gasteiger partial charge on any atom is 0.144 e. The molecule has 0 aromatic heterocycles. The zero-order valence-electron chi connectivity index (χ0n) is 11.3. The third-order valence-electron chi connectivity index (χ3n) is 4.36. The van der Waals surface area contributed by atoms with Crippen LogP contribution in [0.5, 0.6) is 5.75 Å². The summed E-state index contributed by atoms with van der Waals surface area (Å²) < 4.78 is 5.36. The molecule has 3 nitrogen and oxygen atoms in total. The number of quaternary nitrogens is 1. The van der Waals surface area contributed by atoms with Crippen LogP contribution in [0.1, 0.15) is 18.4 Å². The van der Waals surface area contributed by atoms with Gasteiger partial charge in [0.25, 0.3) is 0 Å². The number of halogens is 2. The van der Waals surface area contributed by atoms with Crippen molar-refractivity contribution in [3.63, 3.8) is 0 Å². The average molecular weight is 315 g/mol. The second kappa shape index (κ2) is 5.57. The number of methoxy groups -OCH3 is 1. The van der Waals surface area contributed by atoms with Crippen LogP contribution in [0.4, 0.5) is 0 Å². The molecule has 0 aliphatic carbocycles. The molecule has 0 spiro atoms. The van der Waals surface area contributed by atoms with Gasteiger partial charge in [-0.1, -0.05) is 23.2 Å². The minimum Gasteiger partial charge on any atom is -0.495 e. The van der Waals surface area contributed by atoms with Crippen LogP contribution >= 0.6 is 23.2 Å². The van der Waals surface area contributed by atoms with Gasteiger partial charge in [0.05, 0.1) is 25.2 Å². The van der Waals surface area contributed by atoms with Crippen LogP contribution in [0.25, 0.3) is 6.08 Å². The molecule has 0 radical (unpaired) electrons. The summed E-state index contributed by atoms with van der Waals surface area (Å²) >= 11 is 12.2. The van der Waals surface area contributed by atoms with Crippen LogP contribution in [0, 0.1) is 5.92 Å². The first-order valence-corrected chi connectivity index (χ1v) is 7.63. The van der Waals surface area contributed by atoms with Gasteiger partial charge in [-0.25, -0.2) is 0 Å². The Morgan fingerprint density at radius 3 is 2.60 bits per heavy atom. The third-order valence-corrected chi connectivity index (χ3v) is 4.86. The predicted molar refractivity (Wildman–Crippen MR) is 80.4 cm³/mol. The molecule has 4 rings (SSSR count). The number of fused-ring (bicyclic) bond motifs is 3. The highest BCUT2D eigenvalue weighted by Crippen LogP contribution is 2.34. The molecule has 1 atom stereocenters. The summed E-state index contributed by atoms with van der Waals surface area (Å²) in [4.78, 5) is 1.36. The Balaban J connectivity index is 2.03. The summed E-state index contributed by atoms with van der Waals surface area (Å²) in [6.07, 6.45) is 3.82. The van der Waals surface area contributed by atoms with E-state index < -0.39 is 0 Å². The number of hydrogen-bond acceptors (Lipinski definition) is 2. The molecule has 1 aromatic rings. The van der Waals surface area contributed by atoms with Gasteiger partial charge < -0.3 is 14.7 Å². The quantitative estimate of drug-likeness (QED) is 0.875. The lowest BCUT2D eigenvalue weighted by atomic mass is 9.83. The van der Waals surface area contributed by atoms with Gasteiger partial charge in [0, 0.05) is 35.4 Å². The maximum atomic E-state index is 10.4. The summed E-state index contributed by atoms with van der Waals surface area (Å²) in [5.41, 5.74) is 1.86. The van der Waals surface area contributed by atoms with E-state index in [1.807, 2.05) is 12.1 Å². The normalized spacial score (nSPS) is 30.8. The summed E-state index contributed by atoms with van der Waals surface area (Å²) in [5.74, 6) is 0.997. The lowest BCUT2D eigenvalue weighted by molar-refractivity contribution is -0.880. The van der Waals surface area contributed by atoms with Crippen LogP contribution < -0.4 is 9.64 Å². The fourth-order valence-electron chi connectivity index (χ4n) is 3.31. The van der Waals surface area contributed by atoms with Gasteiger partial charge in [0.15, 0.2) is 0 Å². The highest BCUT2D eigenvalue weighted by Gasteiger charge is 2.41. The largest absolute Gasteiger partial charge is 0.495 e. The summed E-state index contributed by atoms with van der Waals surface area (Å²) in [7, 11) is 1.59. The molecular formula is C15H18Cl2NO2+. The molecular weight excluding hydrogens is 297 g/mol. The zero-order chi connectivity index (χ0) is 14.3. The summed E-state index contributed by atoms with van der Waals surface area (Å²) in [5, 5.41) is 11.5. The van der Waals surface area contributed by atoms with Gasteiger partial charge in [-0.15, -0.1) is 0 Å². The lowest BCUT2D eigenvalue weighted by Gasteiger charge is -2.41. The zero-order valence-corrected chi connectivity index (χ0v) is 12.8. The first kappa shape index (κ1) is 14.2. The summed E-state index contributed by atoms with van der Waals surface area (Å²) in [6.45, 7) is 2.17. The van der Waals surface area contributed by atoms with Crippen molar-refractivity contribution in [1.82, 2.24) is 0 Å². The van der Waals surface area contributed by atoms with E-state index in [2.05, 4.69) is 0 Å². The average Bonchev–Trinajstić information content (AvgIpc) is 2.43. The molecule has 0 amide bonds. The molecule has 2 bridgehead atoms. The molecule has 5 heteroatoms. The molecule has 2 N–H and O–H groups in total. The van der Waals surface area contributed by atoms with E-state index >= 15 is 0 Å². The van der Waals surface area contributed by atoms with Crippen molar-refractivity contribution in [2.45, 2.75) is 18.9 Å². The Morgan fingerprint density at radius 1 is 1.30 bits per heavy atom. The number of rotatable bonds is 2. The van der Waals surface area contributed by atoms with E-state index in [-0.39, 0.29) is 6.10 Å². The molecule has 3 heterocycles. The summed E-state index contributed by atoms with van der Waals surface area (Å²) in [6, 6.07) is 3.50. The number of ether oxygens (including phenoxy) is 1. The third kappa shape index (κ3) is 2.44. The van der Waals surface area contributed by atoms with Crippen molar-refractivity contribution in [2.24, 2.45) is 5.92 Å². The highest BCUT2D eigenvalue weighted by atomic mass is 35.5. The van der Waals surface area contributed by atoms with Crippen LogP contribution in [0.3, 0.4) is 0 Å². The standard InChI is InChI=1S/C15H17Cl2NO2/c1-20-15-10(6-11(16)8-12(15)17)7-13-14(19)9-2-4-18(13)5-3-9/h6-9,14,19H,2-5H2,1H3/p+1/b13-7-/t14-/m0/s1. The van der Waals surface area contributed by atoms with Crippen molar-refractivity contribution in [3.05, 3.63) is 33.4 Å². The van der Waals surface area contributed by atoms with Gasteiger partial charge in [-0.05, 0) is 12.1 Å². The van der Waals surface area contributed by atoms with Crippen molar-refractivity contribution in [1.29, 1.82) is 0 Å². The Hall–Kier alpha value is -0.740. The van der Waals surface area contributed by atoms with E-state index in [1.165, 1.54) is 4.90 Å². The molecule has 20 heavy (non-hydrogen) atoms. The number of hydrogen-bond donors (Lipinski definition) is 2. The van der Waals surface area contributed by atoms with Crippen LogP contribution in [-0.4, -0.2) is 31.4 Å². The van der Waals surface area contributed by atoms with Gasteiger partial charge in [-0.3, -0.25) is 0 Å². The van der Waals surface area contributed by atoms with Crippen molar-refractivity contribution < 1.29 is 14.7 Å². The van der Waals surface area contributed by atoms with E-state index in [1.54, 1.807) is 13.2 Å². The first-order chi connectivity index (χ1) is 9.60. The molecule has 3 fully saturated rings. The van der Waals surface area contributed by atoms with Gasteiger partial charge in [0.2, 0.25) is 0 Å². The fourth-order valence-corrected chi connectivity index (χ4v) is 3.90. The van der Waals surface area contributed by atoms with Gasteiger partial charge >= 0.3 is 0 Å². The monoisotopic (exact) mass is 314 g/mol. The van der Waals surface area contributed by atoms with E-state index in [9.17, 15) is 5.11 Å². The molecule has 3 aliphatic heterocycles. The minimum absolute atomic E-state index is 0.366. The molecule has 0 saturated carbocycles. The van der Waals surface area contributed by atoms with Crippen LogP contribution in [-0.2, 0) is 0 Å². The highest BCUT2D eigenvalue weighted by molar-refractivity contribution is 6.35. The molecule has 1 aromatic carbocycles. The number of nitrogens with one attached hydrogen (secondary N) is 1. The lowest BCUT2D eigenvalue weighted by Crippen LogP contribution is -3.14. The van der Waals surface area contributed by atoms with Crippen LogP contribution in [0.2, 0.25) is 10.0 Å². The number of benzene rings is 1. The van der Waals surface area contributed by atoms with E-state index in [0.29, 0.717) is 21.7 Å². The predicted octanol–water partition coefficient (Wildman–Crippen LogP) is 2.01. The van der Waals surface area contributed by atoms with E-state index in [0.717, 1.165) is 37.2 Å². The maximum absolute atomic E-state index is 10.4. The molecule has 3 saturated heterocycles. The van der Waals surface area contributed by atoms with Crippen LogP contribution in [0.15, 0.2) is 17.8 Å². The number of aliphatic hydroxyl groups excluding tert-OH is 1. The van der Waals surface area contributed by atoms with Gasteiger partial charge in [0.1, 0.15) is 17.6 Å². The molecule has 108 valence electrons. The van der Waals surface area contributed by atoms with Crippen molar-refractivity contribution >= 4 is 29.3 Å². The Morgan fingerprint density at radius 2 is 2.00 bits per heavy atom. The smallest absolute Gasteiger partial charge is 0.144 e. The first-order valence-electron chi connectivity index (χ1n) is 6.88. The van der Waals surface area contributed by atoms with Crippen molar-refractivity contribution in [2.75, 3.05) is 20.2 Å². The SMILES string of the molecule is COc1c(Cl)cc(Cl)cc1/C=C1/[C@@H](O)C2CC[NH+]1CC2. The second-order valence-corrected chi connectivity index (χ2v) is 6.34. The topological polar surface area (TPSA) is 33.9 Å². The van der Waals surface area contributed by atoms with Crippen molar-refractivity contribution in [3.8, 4) is 5.75 Å². The number of aliphatic hydroxyl groups is 1. The Kier molecular flexibility index (Phi) is 3.95. The Labute approximate surface area is 128 Å². The van der Waals surface area contributed by atoms with Gasteiger partial charge in [-0.2, -0.15) is 0 Å². The number of piperidine rings is 3. The second-order valence-electron chi connectivity index (χ2n) is 5.50. The molecule has 3 aliphatic rings.